The van der Waals surface area contributed by atoms with Crippen LogP contribution >= 0.6 is 11.3 Å². The molecule has 1 saturated carbocycles. The Kier molecular flexibility index (Phi) is 5.51. The highest BCUT2D eigenvalue weighted by atomic mass is 32.1. The van der Waals surface area contributed by atoms with Gasteiger partial charge in [0.2, 0.25) is 0 Å². The molecule has 0 atom stereocenters. The van der Waals surface area contributed by atoms with Crippen molar-refractivity contribution in [3.05, 3.63) is 28.6 Å². The third kappa shape index (κ3) is 3.70. The van der Waals surface area contributed by atoms with Crippen molar-refractivity contribution in [2.24, 2.45) is 10.9 Å². The van der Waals surface area contributed by atoms with Crippen molar-refractivity contribution in [2.75, 3.05) is 13.7 Å². The van der Waals surface area contributed by atoms with Crippen molar-refractivity contribution in [3.63, 3.8) is 0 Å². The molecule has 1 aliphatic carbocycles. The molecule has 2 aromatic rings. The first-order valence-electron chi connectivity index (χ1n) is 8.49. The minimum Gasteiger partial charge on any atom is -0.468 e. The van der Waals surface area contributed by atoms with Crippen LogP contribution in [0.25, 0.3) is 10.2 Å². The Hall–Kier alpha value is -2.48. The van der Waals surface area contributed by atoms with Gasteiger partial charge >= 0.3 is 11.9 Å². The molecule has 0 bridgehead atoms. The van der Waals surface area contributed by atoms with E-state index in [1.54, 1.807) is 29.7 Å². The minimum absolute atomic E-state index is 0.0260. The fraction of sp³-hybridized carbons (Fsp3) is 0.444. The molecule has 26 heavy (non-hydrogen) atoms. The smallest absolute Gasteiger partial charge is 0.338 e. The molecular formula is C18H20N2O5S. The molecule has 7 nitrogen and oxygen atoms in total. The Labute approximate surface area is 154 Å². The SMILES string of the molecule is CCOC(=O)c1ccc2c(c1)sc(=NC(=O)C1CCC1)n2CC(=O)OC. The van der Waals surface area contributed by atoms with Gasteiger partial charge in [-0.15, -0.1) is 0 Å². The number of carbonyl (C=O) groups is 3. The van der Waals surface area contributed by atoms with Crippen molar-refractivity contribution >= 4 is 39.4 Å². The van der Waals surface area contributed by atoms with Crippen LogP contribution < -0.4 is 4.80 Å². The van der Waals surface area contributed by atoms with E-state index < -0.39 is 11.9 Å². The Balaban J connectivity index is 2.07. The maximum absolute atomic E-state index is 12.3. The predicted molar refractivity (Wildman–Crippen MR) is 95.7 cm³/mol. The fourth-order valence-electron chi connectivity index (χ4n) is 2.69. The number of hydrogen-bond donors (Lipinski definition) is 0. The van der Waals surface area contributed by atoms with Crippen LogP contribution in [-0.2, 0) is 25.6 Å². The van der Waals surface area contributed by atoms with Crippen LogP contribution in [0.2, 0.25) is 0 Å². The number of nitrogens with zero attached hydrogens (tertiary/aromatic N) is 2. The number of amides is 1. The number of benzene rings is 1. The summed E-state index contributed by atoms with van der Waals surface area (Å²) >= 11 is 1.27. The first-order chi connectivity index (χ1) is 12.5. The highest BCUT2D eigenvalue weighted by Crippen LogP contribution is 2.27. The second-order valence-corrected chi connectivity index (χ2v) is 7.04. The summed E-state index contributed by atoms with van der Waals surface area (Å²) in [6.45, 7) is 1.99. The number of aromatic nitrogens is 1. The Morgan fingerprint density at radius 2 is 2.08 bits per heavy atom. The lowest BCUT2D eigenvalue weighted by molar-refractivity contribution is -0.141. The molecule has 0 radical (unpaired) electrons. The van der Waals surface area contributed by atoms with Gasteiger partial charge in [0, 0.05) is 5.92 Å². The molecular weight excluding hydrogens is 356 g/mol. The number of rotatable bonds is 5. The second-order valence-electron chi connectivity index (χ2n) is 6.03. The van der Waals surface area contributed by atoms with Crippen LogP contribution in [0.4, 0.5) is 0 Å². The molecule has 138 valence electrons. The third-order valence-electron chi connectivity index (χ3n) is 4.37. The molecule has 1 fully saturated rings. The molecule has 1 aromatic carbocycles. The van der Waals surface area contributed by atoms with Crippen LogP contribution in [0, 0.1) is 5.92 Å². The summed E-state index contributed by atoms with van der Waals surface area (Å²) in [7, 11) is 1.31. The fourth-order valence-corrected chi connectivity index (χ4v) is 3.76. The number of methoxy groups -OCH3 is 1. The average molecular weight is 376 g/mol. The van der Waals surface area contributed by atoms with E-state index in [4.69, 9.17) is 9.47 Å². The van der Waals surface area contributed by atoms with Gasteiger partial charge in [0.05, 0.1) is 29.5 Å². The summed E-state index contributed by atoms with van der Waals surface area (Å²) in [5.74, 6) is -1.03. The largest absolute Gasteiger partial charge is 0.468 e. The van der Waals surface area contributed by atoms with Gasteiger partial charge in [0.1, 0.15) is 6.54 Å². The summed E-state index contributed by atoms with van der Waals surface area (Å²) in [5.41, 5.74) is 1.14. The van der Waals surface area contributed by atoms with E-state index in [0.717, 1.165) is 24.0 Å². The van der Waals surface area contributed by atoms with Crippen LogP contribution in [0.3, 0.4) is 0 Å². The predicted octanol–water partition coefficient (Wildman–Crippen LogP) is 2.28. The van der Waals surface area contributed by atoms with Gasteiger partial charge < -0.3 is 14.0 Å². The van der Waals surface area contributed by atoms with Crippen molar-refractivity contribution in [1.82, 2.24) is 4.57 Å². The molecule has 1 amide bonds. The summed E-state index contributed by atoms with van der Waals surface area (Å²) in [6, 6.07) is 5.06. The lowest BCUT2D eigenvalue weighted by Crippen LogP contribution is -2.26. The molecule has 0 aliphatic heterocycles. The summed E-state index contributed by atoms with van der Waals surface area (Å²) < 4.78 is 12.2. The van der Waals surface area contributed by atoms with Gasteiger partial charge in [-0.25, -0.2) is 4.79 Å². The first-order valence-corrected chi connectivity index (χ1v) is 9.31. The molecule has 0 spiro atoms. The monoisotopic (exact) mass is 376 g/mol. The van der Waals surface area contributed by atoms with Crippen LogP contribution in [0.5, 0.6) is 0 Å². The van der Waals surface area contributed by atoms with Crippen LogP contribution in [-0.4, -0.2) is 36.1 Å². The van der Waals surface area contributed by atoms with Crippen molar-refractivity contribution in [2.45, 2.75) is 32.7 Å². The zero-order valence-electron chi connectivity index (χ0n) is 14.7. The molecule has 0 saturated heterocycles. The third-order valence-corrected chi connectivity index (χ3v) is 5.41. The minimum atomic E-state index is -0.434. The van der Waals surface area contributed by atoms with E-state index >= 15 is 0 Å². The summed E-state index contributed by atoms with van der Waals surface area (Å²) in [5, 5.41) is 0. The molecule has 0 N–H and O–H groups in total. The highest BCUT2D eigenvalue weighted by molar-refractivity contribution is 7.16. The van der Waals surface area contributed by atoms with Gasteiger partial charge in [-0.2, -0.15) is 4.99 Å². The Bertz CT molecular complexity index is 923. The van der Waals surface area contributed by atoms with Crippen LogP contribution in [0.1, 0.15) is 36.5 Å². The highest BCUT2D eigenvalue weighted by Gasteiger charge is 2.25. The summed E-state index contributed by atoms with van der Waals surface area (Å²) in [4.78, 5) is 40.7. The van der Waals surface area contributed by atoms with E-state index in [-0.39, 0.29) is 18.4 Å². The van der Waals surface area contributed by atoms with E-state index in [1.807, 2.05) is 0 Å². The second kappa shape index (κ2) is 7.82. The van der Waals surface area contributed by atoms with Gasteiger partial charge in [-0.3, -0.25) is 9.59 Å². The lowest BCUT2D eigenvalue weighted by Gasteiger charge is -2.20. The average Bonchev–Trinajstić information content (AvgIpc) is 2.89. The Morgan fingerprint density at radius 1 is 1.31 bits per heavy atom. The van der Waals surface area contributed by atoms with Crippen molar-refractivity contribution < 1.29 is 23.9 Å². The van der Waals surface area contributed by atoms with E-state index in [1.165, 1.54) is 18.4 Å². The van der Waals surface area contributed by atoms with E-state index in [0.29, 0.717) is 22.5 Å². The topological polar surface area (TPSA) is 87.0 Å². The Morgan fingerprint density at radius 3 is 2.69 bits per heavy atom. The number of thiazole rings is 1. The molecule has 0 unspecified atom stereocenters. The number of carbonyl (C=O) groups excluding carboxylic acids is 3. The normalized spacial score (nSPS) is 14.9. The van der Waals surface area contributed by atoms with Crippen LogP contribution in [0.15, 0.2) is 23.2 Å². The maximum atomic E-state index is 12.3. The number of esters is 2. The number of fused-ring (bicyclic) bond motifs is 1. The van der Waals surface area contributed by atoms with E-state index in [9.17, 15) is 14.4 Å². The van der Waals surface area contributed by atoms with Gasteiger partial charge in [-0.1, -0.05) is 17.8 Å². The number of ether oxygens (including phenoxy) is 2. The van der Waals surface area contributed by atoms with Gasteiger partial charge in [0.25, 0.3) is 5.91 Å². The molecule has 1 heterocycles. The zero-order chi connectivity index (χ0) is 18.7. The molecule has 8 heteroatoms. The van der Waals surface area contributed by atoms with Crippen molar-refractivity contribution in [3.8, 4) is 0 Å². The standard InChI is InChI=1S/C18H20N2O5S/c1-3-25-17(23)12-7-8-13-14(9-12)26-18(20(13)10-15(21)24-2)19-16(22)11-5-4-6-11/h7-9,11H,3-6,10H2,1-2H3. The first kappa shape index (κ1) is 18.3. The van der Waals surface area contributed by atoms with Crippen molar-refractivity contribution in [1.29, 1.82) is 0 Å². The lowest BCUT2D eigenvalue weighted by atomic mass is 9.85. The quantitative estimate of drug-likeness (QED) is 0.747. The number of hydrogen-bond acceptors (Lipinski definition) is 6. The molecule has 3 rings (SSSR count). The van der Waals surface area contributed by atoms with E-state index in [2.05, 4.69) is 4.99 Å². The molecule has 1 aromatic heterocycles. The van der Waals surface area contributed by atoms with Gasteiger partial charge in [-0.05, 0) is 38.0 Å². The van der Waals surface area contributed by atoms with Gasteiger partial charge in [0.15, 0.2) is 4.80 Å². The zero-order valence-corrected chi connectivity index (χ0v) is 15.5. The summed E-state index contributed by atoms with van der Waals surface area (Å²) in [6.07, 6.45) is 2.76. The molecule has 1 aliphatic rings. The maximum Gasteiger partial charge on any atom is 0.338 e.